The fourth-order valence-corrected chi connectivity index (χ4v) is 7.00. The Bertz CT molecular complexity index is 1270. The van der Waals surface area contributed by atoms with Crippen LogP contribution in [0.3, 0.4) is 0 Å². The molecule has 3 aromatic rings. The summed E-state index contributed by atoms with van der Waals surface area (Å²) in [4.78, 5) is 19.6. The molecule has 0 unspecified atom stereocenters. The molecule has 0 atom stereocenters. The lowest BCUT2D eigenvalue weighted by atomic mass is 9.93. The standard InChI is InChI=1S/C30H33BrN2O3S/c1-35-25-17-21(16-24(31)28(25)36-19-20-10-4-2-5-11-20)18-32-30-27(23-14-8-9-15-26(23)37-30)29(34)33-22-12-6-3-7-13-22/h2,4-5,10-11,16-18,22H,3,6-9,12-15,19H2,1H3,(H,33,34)/b32-18-. The van der Waals surface area contributed by atoms with Gasteiger partial charge in [0, 0.05) is 17.1 Å². The van der Waals surface area contributed by atoms with Gasteiger partial charge in [0.05, 0.1) is 17.1 Å². The minimum atomic E-state index is 0.0434. The van der Waals surface area contributed by atoms with Gasteiger partial charge < -0.3 is 14.8 Å². The van der Waals surface area contributed by atoms with E-state index in [-0.39, 0.29) is 11.9 Å². The fourth-order valence-electron chi connectivity index (χ4n) is 5.20. The number of carbonyl (C=O) groups excluding carboxylic acids is 1. The number of hydrogen-bond acceptors (Lipinski definition) is 5. The topological polar surface area (TPSA) is 59.9 Å². The SMILES string of the molecule is COc1cc(/C=N\c2sc3c(c2C(=O)NC2CCCCC2)CCCC3)cc(Br)c1OCc1ccccc1. The number of carbonyl (C=O) groups is 1. The largest absolute Gasteiger partial charge is 0.493 e. The van der Waals surface area contributed by atoms with Crippen molar-refractivity contribution in [1.29, 1.82) is 0 Å². The van der Waals surface area contributed by atoms with E-state index in [0.717, 1.165) is 58.3 Å². The van der Waals surface area contributed by atoms with Gasteiger partial charge in [-0.2, -0.15) is 0 Å². The number of methoxy groups -OCH3 is 1. The van der Waals surface area contributed by atoms with Crippen LogP contribution >= 0.6 is 27.3 Å². The molecule has 1 N–H and O–H groups in total. The van der Waals surface area contributed by atoms with Gasteiger partial charge in [-0.05, 0) is 83.3 Å². The smallest absolute Gasteiger partial charge is 0.254 e. The minimum Gasteiger partial charge on any atom is -0.493 e. The van der Waals surface area contributed by atoms with E-state index in [1.807, 2.05) is 48.7 Å². The molecule has 37 heavy (non-hydrogen) atoms. The molecule has 0 saturated heterocycles. The molecule has 1 fully saturated rings. The normalized spacial score (nSPS) is 15.9. The Morgan fingerprint density at radius 1 is 1.11 bits per heavy atom. The zero-order valence-electron chi connectivity index (χ0n) is 21.2. The van der Waals surface area contributed by atoms with Crippen molar-refractivity contribution >= 4 is 44.4 Å². The summed E-state index contributed by atoms with van der Waals surface area (Å²) in [6, 6.07) is 14.2. The van der Waals surface area contributed by atoms with E-state index in [9.17, 15) is 4.79 Å². The number of rotatable bonds is 8. The Morgan fingerprint density at radius 3 is 2.68 bits per heavy atom. The lowest BCUT2D eigenvalue weighted by Gasteiger charge is -2.23. The number of thiophene rings is 1. The van der Waals surface area contributed by atoms with E-state index in [0.29, 0.717) is 18.1 Å². The quantitative estimate of drug-likeness (QED) is 0.276. The number of fused-ring (bicyclic) bond motifs is 1. The number of aryl methyl sites for hydroxylation is 1. The summed E-state index contributed by atoms with van der Waals surface area (Å²) < 4.78 is 12.5. The van der Waals surface area contributed by atoms with E-state index in [1.165, 1.54) is 36.1 Å². The molecule has 0 spiro atoms. The molecule has 2 aromatic carbocycles. The Balaban J connectivity index is 1.38. The number of nitrogens with one attached hydrogen (secondary N) is 1. The van der Waals surface area contributed by atoms with Crippen LogP contribution in [0.15, 0.2) is 51.9 Å². The molecule has 5 rings (SSSR count). The number of ether oxygens (including phenoxy) is 2. The number of halogens is 1. The third kappa shape index (κ3) is 6.27. The maximum absolute atomic E-state index is 13.4. The van der Waals surface area contributed by atoms with Gasteiger partial charge in [-0.15, -0.1) is 11.3 Å². The van der Waals surface area contributed by atoms with Crippen molar-refractivity contribution in [2.75, 3.05) is 7.11 Å². The average Bonchev–Trinajstić information content (AvgIpc) is 3.30. The first-order chi connectivity index (χ1) is 18.1. The van der Waals surface area contributed by atoms with Crippen LogP contribution in [0.25, 0.3) is 0 Å². The molecule has 5 nitrogen and oxygen atoms in total. The van der Waals surface area contributed by atoms with Crippen molar-refractivity contribution in [1.82, 2.24) is 5.32 Å². The van der Waals surface area contributed by atoms with Crippen molar-refractivity contribution in [2.24, 2.45) is 4.99 Å². The number of aliphatic imine (C=N–C) groups is 1. The van der Waals surface area contributed by atoms with E-state index in [4.69, 9.17) is 14.5 Å². The highest BCUT2D eigenvalue weighted by Crippen LogP contribution is 2.41. The zero-order valence-corrected chi connectivity index (χ0v) is 23.6. The number of amides is 1. The van der Waals surface area contributed by atoms with Gasteiger partial charge in [0.15, 0.2) is 11.5 Å². The highest BCUT2D eigenvalue weighted by atomic mass is 79.9. The molecule has 2 aliphatic rings. The van der Waals surface area contributed by atoms with Gasteiger partial charge in [-0.3, -0.25) is 4.79 Å². The van der Waals surface area contributed by atoms with Gasteiger partial charge in [-0.1, -0.05) is 49.6 Å². The van der Waals surface area contributed by atoms with Crippen LogP contribution in [-0.4, -0.2) is 25.3 Å². The number of hydrogen-bond donors (Lipinski definition) is 1. The van der Waals surface area contributed by atoms with Crippen molar-refractivity contribution in [3.8, 4) is 11.5 Å². The number of nitrogens with zero attached hydrogens (tertiary/aromatic N) is 1. The second-order valence-electron chi connectivity index (χ2n) is 9.77. The van der Waals surface area contributed by atoms with Gasteiger partial charge in [0.2, 0.25) is 0 Å². The molecule has 1 aromatic heterocycles. The molecule has 0 radical (unpaired) electrons. The monoisotopic (exact) mass is 580 g/mol. The lowest BCUT2D eigenvalue weighted by Crippen LogP contribution is -2.36. The first kappa shape index (κ1) is 26.0. The summed E-state index contributed by atoms with van der Waals surface area (Å²) >= 11 is 5.32. The Morgan fingerprint density at radius 2 is 1.89 bits per heavy atom. The molecule has 1 amide bonds. The van der Waals surface area contributed by atoms with Crippen LogP contribution < -0.4 is 14.8 Å². The fraction of sp³-hybridized carbons (Fsp3) is 0.400. The summed E-state index contributed by atoms with van der Waals surface area (Å²) in [6.07, 6.45) is 11.9. The van der Waals surface area contributed by atoms with E-state index in [2.05, 4.69) is 21.2 Å². The van der Waals surface area contributed by atoms with Crippen LogP contribution in [0.5, 0.6) is 11.5 Å². The van der Waals surface area contributed by atoms with Crippen molar-refractivity contribution in [2.45, 2.75) is 70.4 Å². The third-order valence-corrected chi connectivity index (χ3v) is 8.92. The zero-order chi connectivity index (χ0) is 25.6. The van der Waals surface area contributed by atoms with Crippen LogP contribution in [0.1, 0.15) is 76.9 Å². The summed E-state index contributed by atoms with van der Waals surface area (Å²) in [6.45, 7) is 0.448. The second-order valence-corrected chi connectivity index (χ2v) is 11.7. The Hall–Kier alpha value is -2.64. The maximum Gasteiger partial charge on any atom is 0.254 e. The first-order valence-corrected chi connectivity index (χ1v) is 14.8. The van der Waals surface area contributed by atoms with Crippen molar-refractivity contribution in [3.05, 3.63) is 74.1 Å². The molecule has 2 aliphatic carbocycles. The molecule has 1 heterocycles. The average molecular weight is 582 g/mol. The molecule has 1 saturated carbocycles. The maximum atomic E-state index is 13.4. The lowest BCUT2D eigenvalue weighted by molar-refractivity contribution is 0.0927. The van der Waals surface area contributed by atoms with Crippen LogP contribution in [0.2, 0.25) is 0 Å². The van der Waals surface area contributed by atoms with Gasteiger partial charge >= 0.3 is 0 Å². The molecule has 194 valence electrons. The van der Waals surface area contributed by atoms with Crippen molar-refractivity contribution in [3.63, 3.8) is 0 Å². The van der Waals surface area contributed by atoms with E-state index >= 15 is 0 Å². The molecular weight excluding hydrogens is 548 g/mol. The summed E-state index contributed by atoms with van der Waals surface area (Å²) in [5.74, 6) is 1.33. The predicted molar refractivity (Wildman–Crippen MR) is 154 cm³/mol. The second kappa shape index (κ2) is 12.3. The first-order valence-electron chi connectivity index (χ1n) is 13.2. The number of benzene rings is 2. The summed E-state index contributed by atoms with van der Waals surface area (Å²) in [7, 11) is 1.64. The Labute approximate surface area is 231 Å². The van der Waals surface area contributed by atoms with E-state index < -0.39 is 0 Å². The molecular formula is C30H33BrN2O3S. The third-order valence-electron chi connectivity index (χ3n) is 7.13. The van der Waals surface area contributed by atoms with E-state index in [1.54, 1.807) is 18.4 Å². The van der Waals surface area contributed by atoms with Gasteiger partial charge in [-0.25, -0.2) is 4.99 Å². The van der Waals surface area contributed by atoms with Gasteiger partial charge in [0.25, 0.3) is 5.91 Å². The van der Waals surface area contributed by atoms with Crippen LogP contribution in [0.4, 0.5) is 5.00 Å². The van der Waals surface area contributed by atoms with Gasteiger partial charge in [0.1, 0.15) is 11.6 Å². The Kier molecular flexibility index (Phi) is 8.62. The van der Waals surface area contributed by atoms with Crippen molar-refractivity contribution < 1.29 is 14.3 Å². The molecule has 0 aliphatic heterocycles. The van der Waals surface area contributed by atoms with Crippen LogP contribution in [0, 0.1) is 0 Å². The highest BCUT2D eigenvalue weighted by molar-refractivity contribution is 9.10. The molecule has 0 bridgehead atoms. The predicted octanol–water partition coefficient (Wildman–Crippen LogP) is 7.79. The highest BCUT2D eigenvalue weighted by Gasteiger charge is 2.27. The van der Waals surface area contributed by atoms with Crippen LogP contribution in [-0.2, 0) is 19.4 Å². The molecule has 7 heteroatoms. The summed E-state index contributed by atoms with van der Waals surface area (Å²) in [5.41, 5.74) is 3.96. The summed E-state index contributed by atoms with van der Waals surface area (Å²) in [5, 5.41) is 4.13. The minimum absolute atomic E-state index is 0.0434.